The molecule has 27 heavy (non-hydrogen) atoms. The van der Waals surface area contributed by atoms with E-state index in [2.05, 4.69) is 9.97 Å². The van der Waals surface area contributed by atoms with E-state index in [1.807, 2.05) is 13.8 Å². The van der Waals surface area contributed by atoms with Crippen LogP contribution in [0.4, 0.5) is 3.89 Å². The number of hydrogen-bond acceptors (Lipinski definition) is 5. The van der Waals surface area contributed by atoms with Gasteiger partial charge < -0.3 is 4.98 Å². The third-order valence-corrected chi connectivity index (χ3v) is 5.00. The zero-order valence-corrected chi connectivity index (χ0v) is 15.7. The van der Waals surface area contributed by atoms with E-state index in [-0.39, 0.29) is 11.2 Å². The van der Waals surface area contributed by atoms with Gasteiger partial charge in [0.25, 0.3) is 5.56 Å². The topological polar surface area (TPSA) is 107 Å². The predicted molar refractivity (Wildman–Crippen MR) is 98.9 cm³/mol. The summed E-state index contributed by atoms with van der Waals surface area (Å²) >= 11 is 0. The lowest BCUT2D eigenvalue weighted by atomic mass is 10.2. The van der Waals surface area contributed by atoms with Crippen molar-refractivity contribution in [1.29, 1.82) is 0 Å². The van der Waals surface area contributed by atoms with E-state index >= 15 is 0 Å². The first-order chi connectivity index (χ1) is 12.8. The highest BCUT2D eigenvalue weighted by atomic mass is 32.3. The van der Waals surface area contributed by atoms with E-state index < -0.39 is 26.4 Å². The Balaban J connectivity index is 2.22. The number of nitrogens with one attached hydrogen (secondary N) is 1. The van der Waals surface area contributed by atoms with Crippen LogP contribution in [0.2, 0.25) is 0 Å². The molecule has 1 N–H and O–H groups in total. The fourth-order valence-electron chi connectivity index (χ4n) is 2.92. The van der Waals surface area contributed by atoms with Gasteiger partial charge in [-0.15, -0.1) is 3.89 Å². The quantitative estimate of drug-likeness (QED) is 0.644. The zero-order chi connectivity index (χ0) is 19.8. The molecule has 0 aliphatic heterocycles. The number of fused-ring (bicyclic) bond motifs is 1. The minimum Gasteiger partial charge on any atom is -0.332 e. The number of halogens is 1. The van der Waals surface area contributed by atoms with Crippen LogP contribution in [-0.4, -0.2) is 27.5 Å². The van der Waals surface area contributed by atoms with E-state index in [1.54, 1.807) is 0 Å². The maximum absolute atomic E-state index is 13.0. The first kappa shape index (κ1) is 19.0. The third-order valence-electron chi connectivity index (χ3n) is 4.16. The zero-order valence-electron chi connectivity index (χ0n) is 14.9. The Kier molecular flexibility index (Phi) is 5.01. The first-order valence-corrected chi connectivity index (χ1v) is 9.94. The number of aromatic nitrogens is 4. The monoisotopic (exact) mass is 394 g/mol. The summed E-state index contributed by atoms with van der Waals surface area (Å²) < 4.78 is 37.6. The summed E-state index contributed by atoms with van der Waals surface area (Å²) in [6, 6.07) is 5.01. The van der Waals surface area contributed by atoms with Gasteiger partial charge in [-0.25, -0.2) is 9.78 Å². The van der Waals surface area contributed by atoms with Crippen molar-refractivity contribution in [1.82, 2.24) is 19.1 Å². The molecular weight excluding hydrogens is 375 g/mol. The molecule has 0 aliphatic rings. The van der Waals surface area contributed by atoms with Crippen LogP contribution in [0.15, 0.2) is 38.8 Å². The highest BCUT2D eigenvalue weighted by Crippen LogP contribution is 2.21. The van der Waals surface area contributed by atoms with Crippen molar-refractivity contribution in [3.05, 3.63) is 45.1 Å². The number of H-pyrrole nitrogens is 1. The van der Waals surface area contributed by atoms with E-state index in [0.717, 1.165) is 12.1 Å². The van der Waals surface area contributed by atoms with Crippen molar-refractivity contribution in [2.75, 3.05) is 0 Å². The molecule has 0 saturated carbocycles. The number of rotatable bonds is 6. The summed E-state index contributed by atoms with van der Waals surface area (Å²) in [4.78, 5) is 32.1. The van der Waals surface area contributed by atoms with Gasteiger partial charge in [-0.3, -0.25) is 13.9 Å². The van der Waals surface area contributed by atoms with Gasteiger partial charge in [0.2, 0.25) is 0 Å². The third kappa shape index (κ3) is 3.44. The molecule has 1 aromatic carbocycles. The molecule has 0 fully saturated rings. The van der Waals surface area contributed by atoms with Crippen molar-refractivity contribution in [2.45, 2.75) is 44.7 Å². The van der Waals surface area contributed by atoms with E-state index in [9.17, 15) is 21.9 Å². The van der Waals surface area contributed by atoms with Crippen LogP contribution in [0, 0.1) is 0 Å². The van der Waals surface area contributed by atoms with Crippen LogP contribution in [0.1, 0.15) is 26.7 Å². The van der Waals surface area contributed by atoms with Gasteiger partial charge in [-0.2, -0.15) is 8.42 Å². The Hall–Kier alpha value is -2.75. The second-order valence-corrected chi connectivity index (χ2v) is 7.48. The molecule has 2 heterocycles. The van der Waals surface area contributed by atoms with Crippen molar-refractivity contribution >= 4 is 21.4 Å². The van der Waals surface area contributed by atoms with Crippen LogP contribution in [0.3, 0.4) is 0 Å². The molecular formula is C17H19FN4O4S. The normalized spacial score (nSPS) is 12.0. The largest absolute Gasteiger partial charge is 0.332 e. The summed E-state index contributed by atoms with van der Waals surface area (Å²) in [5, 5.41) is 0. The Bertz CT molecular complexity index is 1210. The molecule has 3 rings (SSSR count). The van der Waals surface area contributed by atoms with Gasteiger partial charge in [0.1, 0.15) is 11.3 Å². The molecule has 144 valence electrons. The van der Waals surface area contributed by atoms with E-state index in [4.69, 9.17) is 0 Å². The van der Waals surface area contributed by atoms with Crippen LogP contribution in [0.25, 0.3) is 22.6 Å². The lowest BCUT2D eigenvalue weighted by molar-refractivity contribution is 0.552. The number of hydrogen-bond donors (Lipinski definition) is 1. The molecule has 2 aromatic heterocycles. The molecule has 0 amide bonds. The minimum atomic E-state index is -4.79. The number of benzene rings is 1. The molecule has 0 saturated heterocycles. The molecule has 3 aromatic rings. The molecule has 0 unspecified atom stereocenters. The first-order valence-electron chi connectivity index (χ1n) is 8.56. The molecule has 0 bridgehead atoms. The average Bonchev–Trinajstić information content (AvgIpc) is 3.07. The maximum atomic E-state index is 13.0. The molecule has 0 spiro atoms. The van der Waals surface area contributed by atoms with Gasteiger partial charge >= 0.3 is 15.9 Å². The molecule has 10 heteroatoms. The van der Waals surface area contributed by atoms with Crippen LogP contribution < -0.4 is 11.2 Å². The highest BCUT2D eigenvalue weighted by Gasteiger charge is 2.18. The number of aryl methyl sites for hydroxylation is 1. The fraction of sp³-hybridized carbons (Fsp3) is 0.353. The lowest BCUT2D eigenvalue weighted by Crippen LogP contribution is -2.40. The van der Waals surface area contributed by atoms with Crippen LogP contribution >= 0.6 is 0 Å². The average molecular weight is 394 g/mol. The van der Waals surface area contributed by atoms with E-state index in [1.165, 1.54) is 21.3 Å². The van der Waals surface area contributed by atoms with Crippen molar-refractivity contribution < 1.29 is 12.3 Å². The van der Waals surface area contributed by atoms with Gasteiger partial charge in [-0.05, 0) is 37.1 Å². The van der Waals surface area contributed by atoms with Gasteiger partial charge in [-0.1, -0.05) is 13.8 Å². The summed E-state index contributed by atoms with van der Waals surface area (Å²) in [5.41, 5.74) is 0.0552. The second-order valence-electron chi connectivity index (χ2n) is 6.14. The number of nitrogens with zero attached hydrogens (tertiary/aromatic N) is 3. The minimum absolute atomic E-state index is 0.202. The van der Waals surface area contributed by atoms with Crippen molar-refractivity contribution in [3.63, 3.8) is 0 Å². The summed E-state index contributed by atoms with van der Waals surface area (Å²) in [5.74, 6) is 0.295. The van der Waals surface area contributed by atoms with Crippen LogP contribution in [-0.2, 0) is 23.3 Å². The number of aromatic amines is 1. The maximum Gasteiger partial charge on any atom is 0.332 e. The Labute approximate surface area is 154 Å². The molecule has 0 aliphatic carbocycles. The summed E-state index contributed by atoms with van der Waals surface area (Å²) in [6.45, 7) is 4.49. The summed E-state index contributed by atoms with van der Waals surface area (Å²) in [6.07, 6.45) is 1.32. The number of imidazole rings is 1. The molecule has 8 nitrogen and oxygen atoms in total. The Morgan fingerprint density at radius 2 is 1.63 bits per heavy atom. The van der Waals surface area contributed by atoms with Crippen LogP contribution in [0.5, 0.6) is 0 Å². The van der Waals surface area contributed by atoms with Crippen molar-refractivity contribution in [2.24, 2.45) is 0 Å². The summed E-state index contributed by atoms with van der Waals surface area (Å²) in [7, 11) is -4.79. The van der Waals surface area contributed by atoms with E-state index in [0.29, 0.717) is 37.3 Å². The SMILES string of the molecule is CCCn1c(=O)c2[nH]c(-c3ccc(S(=O)(=O)F)cc3)nc2n(CCC)c1=O. The Morgan fingerprint density at radius 3 is 2.19 bits per heavy atom. The smallest absolute Gasteiger partial charge is 0.332 e. The standard InChI is InChI=1S/C17H19FN4O4S/c1-3-9-21-15-13(16(23)22(10-4-2)17(21)24)19-14(20-15)11-5-7-12(8-6-11)27(18,25)26/h5-8H,3-4,9-10H2,1-2H3,(H,19,20). The van der Waals surface area contributed by atoms with Gasteiger partial charge in [0.05, 0.1) is 4.90 Å². The van der Waals surface area contributed by atoms with Crippen molar-refractivity contribution in [3.8, 4) is 11.4 Å². The Morgan fingerprint density at radius 1 is 1.04 bits per heavy atom. The molecule has 0 radical (unpaired) electrons. The van der Waals surface area contributed by atoms with Gasteiger partial charge in [0.15, 0.2) is 5.65 Å². The molecule has 0 atom stereocenters. The lowest BCUT2D eigenvalue weighted by Gasteiger charge is -2.09. The fourth-order valence-corrected chi connectivity index (χ4v) is 3.39. The van der Waals surface area contributed by atoms with Gasteiger partial charge in [0, 0.05) is 18.7 Å². The second kappa shape index (κ2) is 7.10. The highest BCUT2D eigenvalue weighted by molar-refractivity contribution is 7.86. The predicted octanol–water partition coefficient (Wildman–Crippen LogP) is 2.03.